The maximum absolute atomic E-state index is 8.85. The summed E-state index contributed by atoms with van der Waals surface area (Å²) in [6.07, 6.45) is 0. The van der Waals surface area contributed by atoms with Crippen molar-refractivity contribution in [2.45, 2.75) is 6.92 Å². The second kappa shape index (κ2) is 4.75. The Balaban J connectivity index is 2.51. The first-order valence-electron chi connectivity index (χ1n) is 5.26. The first kappa shape index (κ1) is 11.9. The number of rotatable bonds is 3. The van der Waals surface area contributed by atoms with Crippen molar-refractivity contribution in [2.75, 3.05) is 14.2 Å². The molecule has 0 atom stereocenters. The molecule has 0 bridgehead atoms. The summed E-state index contributed by atoms with van der Waals surface area (Å²) in [5.74, 6) is 1.24. The molecule has 0 saturated heterocycles. The Kier molecular flexibility index (Phi) is 3.15. The smallest absolute Gasteiger partial charge is 0.186 e. The fourth-order valence-corrected chi connectivity index (χ4v) is 1.63. The predicted octanol–water partition coefficient (Wildman–Crippen LogP) is 1.46. The normalized spacial score (nSPS) is 9.89. The summed E-state index contributed by atoms with van der Waals surface area (Å²) < 4.78 is 12.0. The molecule has 0 N–H and O–H groups in total. The van der Waals surface area contributed by atoms with Gasteiger partial charge in [0.25, 0.3) is 0 Å². The highest BCUT2D eigenvalue weighted by molar-refractivity contribution is 5.49. The van der Waals surface area contributed by atoms with Crippen LogP contribution in [-0.2, 0) is 0 Å². The lowest BCUT2D eigenvalue weighted by atomic mass is 10.2. The Morgan fingerprint density at radius 1 is 1.22 bits per heavy atom. The molecule has 0 aliphatic carbocycles. The summed E-state index contributed by atoms with van der Waals surface area (Å²) in [6.45, 7) is 1.79. The molecule has 0 aliphatic heterocycles. The molecule has 1 aromatic carbocycles. The third kappa shape index (κ3) is 1.86. The molecule has 2 aromatic rings. The lowest BCUT2D eigenvalue weighted by molar-refractivity contribution is 0.354. The highest BCUT2D eigenvalue weighted by Crippen LogP contribution is 2.29. The van der Waals surface area contributed by atoms with Gasteiger partial charge in [0.1, 0.15) is 6.07 Å². The second-order valence-corrected chi connectivity index (χ2v) is 3.59. The van der Waals surface area contributed by atoms with Gasteiger partial charge >= 0.3 is 0 Å². The first-order chi connectivity index (χ1) is 8.71. The third-order valence-electron chi connectivity index (χ3n) is 2.61. The average Bonchev–Trinajstić information content (AvgIpc) is 2.79. The van der Waals surface area contributed by atoms with E-state index in [0.29, 0.717) is 22.9 Å². The van der Waals surface area contributed by atoms with Crippen LogP contribution in [-0.4, -0.2) is 29.2 Å². The van der Waals surface area contributed by atoms with Crippen LogP contribution in [0.4, 0.5) is 0 Å². The van der Waals surface area contributed by atoms with Crippen molar-refractivity contribution in [1.29, 1.82) is 5.26 Å². The molecule has 92 valence electrons. The van der Waals surface area contributed by atoms with E-state index in [4.69, 9.17) is 14.7 Å². The predicted molar refractivity (Wildman–Crippen MR) is 63.9 cm³/mol. The standard InChI is InChI=1S/C12H12N4O2/c1-8-10(7-13)14-15-16(8)9-4-5-11(17-2)12(6-9)18-3/h4-6H,1-3H3. The summed E-state index contributed by atoms with van der Waals surface area (Å²) in [6, 6.07) is 7.37. The van der Waals surface area contributed by atoms with Gasteiger partial charge in [0.2, 0.25) is 0 Å². The minimum Gasteiger partial charge on any atom is -0.493 e. The van der Waals surface area contributed by atoms with Crippen LogP contribution in [0, 0.1) is 18.3 Å². The van der Waals surface area contributed by atoms with E-state index in [2.05, 4.69) is 10.3 Å². The van der Waals surface area contributed by atoms with Gasteiger partial charge in [-0.15, -0.1) is 5.10 Å². The molecule has 0 radical (unpaired) electrons. The quantitative estimate of drug-likeness (QED) is 0.817. The second-order valence-electron chi connectivity index (χ2n) is 3.59. The highest BCUT2D eigenvalue weighted by atomic mass is 16.5. The fraction of sp³-hybridized carbons (Fsp3) is 0.250. The Morgan fingerprint density at radius 3 is 2.50 bits per heavy atom. The van der Waals surface area contributed by atoms with Crippen molar-refractivity contribution in [3.8, 4) is 23.3 Å². The first-order valence-corrected chi connectivity index (χ1v) is 5.26. The van der Waals surface area contributed by atoms with Crippen molar-refractivity contribution >= 4 is 0 Å². The molecule has 0 aliphatic rings. The molecule has 18 heavy (non-hydrogen) atoms. The Bertz CT molecular complexity index is 613. The number of methoxy groups -OCH3 is 2. The van der Waals surface area contributed by atoms with Crippen LogP contribution in [0.2, 0.25) is 0 Å². The van der Waals surface area contributed by atoms with E-state index in [0.717, 1.165) is 5.69 Å². The van der Waals surface area contributed by atoms with Crippen molar-refractivity contribution in [3.63, 3.8) is 0 Å². The molecule has 0 spiro atoms. The molecule has 1 aromatic heterocycles. The zero-order valence-electron chi connectivity index (χ0n) is 10.3. The van der Waals surface area contributed by atoms with Gasteiger partial charge in [0.05, 0.1) is 25.6 Å². The molecule has 2 rings (SSSR count). The number of hydrogen-bond donors (Lipinski definition) is 0. The molecule has 0 unspecified atom stereocenters. The molecule has 1 heterocycles. The molecular weight excluding hydrogens is 232 g/mol. The van der Waals surface area contributed by atoms with Gasteiger partial charge in [-0.1, -0.05) is 5.21 Å². The summed E-state index contributed by atoms with van der Waals surface area (Å²) in [7, 11) is 3.14. The van der Waals surface area contributed by atoms with Crippen LogP contribution in [0.15, 0.2) is 18.2 Å². The third-order valence-corrected chi connectivity index (χ3v) is 2.61. The monoisotopic (exact) mass is 244 g/mol. The van der Waals surface area contributed by atoms with Crippen LogP contribution < -0.4 is 9.47 Å². The average molecular weight is 244 g/mol. The van der Waals surface area contributed by atoms with Gasteiger partial charge < -0.3 is 9.47 Å². The van der Waals surface area contributed by atoms with E-state index < -0.39 is 0 Å². The molecule has 6 heteroatoms. The molecule has 0 saturated carbocycles. The van der Waals surface area contributed by atoms with Gasteiger partial charge in [-0.3, -0.25) is 0 Å². The van der Waals surface area contributed by atoms with Gasteiger partial charge in [0, 0.05) is 6.07 Å². The molecule has 0 fully saturated rings. The summed E-state index contributed by atoms with van der Waals surface area (Å²) in [4.78, 5) is 0. The van der Waals surface area contributed by atoms with Gasteiger partial charge in [-0.2, -0.15) is 5.26 Å². The van der Waals surface area contributed by atoms with E-state index in [1.165, 1.54) is 0 Å². The van der Waals surface area contributed by atoms with Gasteiger partial charge in [0.15, 0.2) is 17.2 Å². The van der Waals surface area contributed by atoms with Crippen LogP contribution in [0.25, 0.3) is 5.69 Å². The summed E-state index contributed by atoms with van der Waals surface area (Å²) >= 11 is 0. The maximum Gasteiger partial charge on any atom is 0.186 e. The molecule has 6 nitrogen and oxygen atoms in total. The van der Waals surface area contributed by atoms with Crippen LogP contribution in [0.1, 0.15) is 11.4 Å². The van der Waals surface area contributed by atoms with Gasteiger partial charge in [-0.25, -0.2) is 4.68 Å². The SMILES string of the molecule is COc1ccc(-n2nnc(C#N)c2C)cc1OC. The maximum atomic E-state index is 8.85. The molecule has 0 amide bonds. The van der Waals surface area contributed by atoms with Crippen molar-refractivity contribution in [3.05, 3.63) is 29.6 Å². The lowest BCUT2D eigenvalue weighted by Gasteiger charge is -2.09. The summed E-state index contributed by atoms with van der Waals surface area (Å²) in [5.41, 5.74) is 1.76. The van der Waals surface area contributed by atoms with Gasteiger partial charge in [-0.05, 0) is 19.1 Å². The topological polar surface area (TPSA) is 73.0 Å². The van der Waals surface area contributed by atoms with Crippen molar-refractivity contribution < 1.29 is 9.47 Å². The fourth-order valence-electron chi connectivity index (χ4n) is 1.63. The minimum absolute atomic E-state index is 0.310. The van der Waals surface area contributed by atoms with E-state index in [1.54, 1.807) is 38.0 Å². The lowest BCUT2D eigenvalue weighted by Crippen LogP contribution is -2.00. The van der Waals surface area contributed by atoms with E-state index >= 15 is 0 Å². The molecular formula is C12H12N4O2. The highest BCUT2D eigenvalue weighted by Gasteiger charge is 2.11. The van der Waals surface area contributed by atoms with Crippen molar-refractivity contribution in [1.82, 2.24) is 15.0 Å². The number of ether oxygens (including phenoxy) is 2. The van der Waals surface area contributed by atoms with Crippen LogP contribution in [0.3, 0.4) is 0 Å². The number of hydrogen-bond acceptors (Lipinski definition) is 5. The number of aromatic nitrogens is 3. The Morgan fingerprint density at radius 2 is 1.94 bits per heavy atom. The van der Waals surface area contributed by atoms with E-state index in [9.17, 15) is 0 Å². The zero-order chi connectivity index (χ0) is 13.1. The van der Waals surface area contributed by atoms with Crippen LogP contribution >= 0.6 is 0 Å². The number of benzene rings is 1. The zero-order valence-corrected chi connectivity index (χ0v) is 10.3. The summed E-state index contributed by atoms with van der Waals surface area (Å²) in [5, 5.41) is 16.6. The van der Waals surface area contributed by atoms with E-state index in [1.807, 2.05) is 12.1 Å². The minimum atomic E-state index is 0.310. The number of nitriles is 1. The Hall–Kier alpha value is -2.55. The van der Waals surface area contributed by atoms with Crippen molar-refractivity contribution in [2.24, 2.45) is 0 Å². The van der Waals surface area contributed by atoms with E-state index in [-0.39, 0.29) is 0 Å². The van der Waals surface area contributed by atoms with Crippen LogP contribution in [0.5, 0.6) is 11.5 Å². The largest absolute Gasteiger partial charge is 0.493 e. The number of nitrogens with zero attached hydrogens (tertiary/aromatic N) is 4. The Labute approximate surface area is 104 Å².